The van der Waals surface area contributed by atoms with E-state index in [0.29, 0.717) is 13.0 Å². The van der Waals surface area contributed by atoms with Crippen LogP contribution < -0.4 is 0 Å². The number of hydrogen-bond donors (Lipinski definition) is 0. The van der Waals surface area contributed by atoms with Crippen LogP contribution >= 0.6 is 0 Å². The minimum Gasteiger partial charge on any atom is -0.469 e. The van der Waals surface area contributed by atoms with Gasteiger partial charge in [0.15, 0.2) is 0 Å². The number of ether oxygens (including phenoxy) is 1. The van der Waals surface area contributed by atoms with Crippen LogP contribution in [-0.4, -0.2) is 24.5 Å². The van der Waals surface area contributed by atoms with Crippen LogP contribution in [0.25, 0.3) is 0 Å². The van der Waals surface area contributed by atoms with Gasteiger partial charge in [-0.2, -0.15) is 0 Å². The molecule has 3 aromatic carbocycles. The standard InChI is InChI=1S/C25H27NO2/c1-28-25(27)24(17-21-11-5-2-6-12-21)20-26(18-22-13-7-3-8-14-22)19-23-15-9-4-10-16-23/h2-16,24H,17-20H2,1H3. The van der Waals surface area contributed by atoms with Crippen molar-refractivity contribution in [3.8, 4) is 0 Å². The molecular weight excluding hydrogens is 346 g/mol. The highest BCUT2D eigenvalue weighted by atomic mass is 16.5. The Kier molecular flexibility index (Phi) is 7.39. The maximum atomic E-state index is 12.5. The van der Waals surface area contributed by atoms with Crippen molar-refractivity contribution in [2.75, 3.05) is 13.7 Å². The summed E-state index contributed by atoms with van der Waals surface area (Å²) < 4.78 is 5.12. The Morgan fingerprint density at radius 3 is 1.61 bits per heavy atom. The zero-order chi connectivity index (χ0) is 19.6. The Morgan fingerprint density at radius 2 is 1.18 bits per heavy atom. The van der Waals surface area contributed by atoms with Crippen LogP contribution in [0.5, 0.6) is 0 Å². The van der Waals surface area contributed by atoms with E-state index in [0.717, 1.165) is 18.7 Å². The lowest BCUT2D eigenvalue weighted by Gasteiger charge is -2.27. The lowest BCUT2D eigenvalue weighted by Crippen LogP contribution is -2.34. The molecule has 0 fully saturated rings. The number of rotatable bonds is 9. The summed E-state index contributed by atoms with van der Waals surface area (Å²) in [5, 5.41) is 0. The Bertz CT molecular complexity index is 793. The Morgan fingerprint density at radius 1 is 0.750 bits per heavy atom. The molecule has 3 aromatic rings. The molecule has 0 amide bonds. The molecule has 3 heteroatoms. The number of methoxy groups -OCH3 is 1. The van der Waals surface area contributed by atoms with Gasteiger partial charge in [-0.1, -0.05) is 91.0 Å². The minimum absolute atomic E-state index is 0.157. The van der Waals surface area contributed by atoms with E-state index in [2.05, 4.69) is 65.6 Å². The molecule has 0 radical (unpaired) electrons. The van der Waals surface area contributed by atoms with Gasteiger partial charge in [0.05, 0.1) is 13.0 Å². The number of hydrogen-bond acceptors (Lipinski definition) is 3. The van der Waals surface area contributed by atoms with E-state index < -0.39 is 0 Å². The van der Waals surface area contributed by atoms with E-state index in [9.17, 15) is 4.79 Å². The molecule has 144 valence electrons. The molecule has 0 spiro atoms. The average molecular weight is 373 g/mol. The first kappa shape index (κ1) is 19.8. The van der Waals surface area contributed by atoms with E-state index in [4.69, 9.17) is 4.74 Å². The summed E-state index contributed by atoms with van der Waals surface area (Å²) in [4.78, 5) is 14.8. The summed E-state index contributed by atoms with van der Waals surface area (Å²) >= 11 is 0. The second kappa shape index (κ2) is 10.4. The van der Waals surface area contributed by atoms with Crippen molar-refractivity contribution in [1.82, 2.24) is 4.90 Å². The van der Waals surface area contributed by atoms with Gasteiger partial charge in [0.1, 0.15) is 0 Å². The summed E-state index contributed by atoms with van der Waals surface area (Å²) in [5.74, 6) is -0.366. The number of carbonyl (C=O) groups excluding carboxylic acids is 1. The lowest BCUT2D eigenvalue weighted by molar-refractivity contribution is -0.146. The first-order valence-corrected chi connectivity index (χ1v) is 9.66. The second-order valence-electron chi connectivity index (χ2n) is 7.05. The fraction of sp³-hybridized carbons (Fsp3) is 0.240. The molecule has 0 aliphatic rings. The summed E-state index contributed by atoms with van der Waals surface area (Å²) in [5.41, 5.74) is 3.63. The van der Waals surface area contributed by atoms with Crippen molar-refractivity contribution in [3.63, 3.8) is 0 Å². The fourth-order valence-corrected chi connectivity index (χ4v) is 3.47. The largest absolute Gasteiger partial charge is 0.469 e. The van der Waals surface area contributed by atoms with Crippen molar-refractivity contribution in [2.45, 2.75) is 19.5 Å². The van der Waals surface area contributed by atoms with Crippen molar-refractivity contribution in [2.24, 2.45) is 5.92 Å². The third kappa shape index (κ3) is 6.07. The van der Waals surface area contributed by atoms with Crippen LogP contribution in [0.1, 0.15) is 16.7 Å². The first-order chi connectivity index (χ1) is 13.7. The van der Waals surface area contributed by atoms with Crippen LogP contribution in [0.4, 0.5) is 0 Å². The number of nitrogens with zero attached hydrogens (tertiary/aromatic N) is 1. The molecule has 0 N–H and O–H groups in total. The molecule has 0 aliphatic heterocycles. The van der Waals surface area contributed by atoms with Crippen molar-refractivity contribution in [3.05, 3.63) is 108 Å². The van der Waals surface area contributed by atoms with E-state index in [-0.39, 0.29) is 11.9 Å². The van der Waals surface area contributed by atoms with Gasteiger partial charge in [-0.3, -0.25) is 9.69 Å². The van der Waals surface area contributed by atoms with Gasteiger partial charge in [-0.25, -0.2) is 0 Å². The average Bonchev–Trinajstić information content (AvgIpc) is 2.75. The first-order valence-electron chi connectivity index (χ1n) is 9.66. The molecule has 3 nitrogen and oxygen atoms in total. The second-order valence-corrected chi connectivity index (χ2v) is 7.05. The van der Waals surface area contributed by atoms with Crippen molar-refractivity contribution in [1.29, 1.82) is 0 Å². The summed E-state index contributed by atoms with van der Waals surface area (Å²) in [6, 6.07) is 30.9. The predicted molar refractivity (Wildman–Crippen MR) is 113 cm³/mol. The Labute approximate surface area is 167 Å². The highest BCUT2D eigenvalue weighted by Gasteiger charge is 2.23. The molecule has 0 bridgehead atoms. The molecular formula is C25H27NO2. The fourth-order valence-electron chi connectivity index (χ4n) is 3.47. The molecule has 0 heterocycles. The van der Waals surface area contributed by atoms with Gasteiger partial charge in [0.2, 0.25) is 0 Å². The highest BCUT2D eigenvalue weighted by Crippen LogP contribution is 2.17. The molecule has 1 atom stereocenters. The van der Waals surface area contributed by atoms with Crippen LogP contribution in [0.2, 0.25) is 0 Å². The quantitative estimate of drug-likeness (QED) is 0.508. The molecule has 0 aliphatic carbocycles. The van der Waals surface area contributed by atoms with Crippen molar-refractivity contribution >= 4 is 5.97 Å². The predicted octanol–water partition coefficient (Wildman–Crippen LogP) is 4.72. The zero-order valence-corrected chi connectivity index (χ0v) is 16.3. The highest BCUT2D eigenvalue weighted by molar-refractivity contribution is 5.73. The van der Waals surface area contributed by atoms with Crippen LogP contribution in [0.15, 0.2) is 91.0 Å². The van der Waals surface area contributed by atoms with Crippen molar-refractivity contribution < 1.29 is 9.53 Å². The maximum absolute atomic E-state index is 12.5. The van der Waals surface area contributed by atoms with Gasteiger partial charge in [-0.15, -0.1) is 0 Å². The normalized spacial score (nSPS) is 11.9. The molecule has 1 unspecified atom stereocenters. The SMILES string of the molecule is COC(=O)C(Cc1ccccc1)CN(Cc1ccccc1)Cc1ccccc1. The molecule has 0 saturated carbocycles. The minimum atomic E-state index is -0.208. The zero-order valence-electron chi connectivity index (χ0n) is 16.3. The number of benzene rings is 3. The molecule has 0 aromatic heterocycles. The van der Waals surface area contributed by atoms with Crippen LogP contribution in [0, 0.1) is 5.92 Å². The molecule has 0 saturated heterocycles. The van der Waals surface area contributed by atoms with E-state index in [1.807, 2.05) is 30.3 Å². The summed E-state index contributed by atoms with van der Waals surface area (Å²) in [6.45, 7) is 2.22. The number of esters is 1. The summed E-state index contributed by atoms with van der Waals surface area (Å²) in [7, 11) is 1.47. The lowest BCUT2D eigenvalue weighted by atomic mass is 9.98. The van der Waals surface area contributed by atoms with Gasteiger partial charge in [0, 0.05) is 19.6 Å². The summed E-state index contributed by atoms with van der Waals surface area (Å²) in [6.07, 6.45) is 0.674. The third-order valence-corrected chi connectivity index (χ3v) is 4.84. The van der Waals surface area contributed by atoms with Gasteiger partial charge >= 0.3 is 5.97 Å². The van der Waals surface area contributed by atoms with E-state index >= 15 is 0 Å². The van der Waals surface area contributed by atoms with Crippen LogP contribution in [0.3, 0.4) is 0 Å². The third-order valence-electron chi connectivity index (χ3n) is 4.84. The van der Waals surface area contributed by atoms with Gasteiger partial charge < -0.3 is 4.74 Å². The van der Waals surface area contributed by atoms with E-state index in [1.165, 1.54) is 18.2 Å². The van der Waals surface area contributed by atoms with Gasteiger partial charge in [0.25, 0.3) is 0 Å². The smallest absolute Gasteiger partial charge is 0.310 e. The Hall–Kier alpha value is -2.91. The number of carbonyl (C=O) groups is 1. The molecule has 28 heavy (non-hydrogen) atoms. The van der Waals surface area contributed by atoms with Gasteiger partial charge in [-0.05, 0) is 23.1 Å². The topological polar surface area (TPSA) is 29.5 Å². The Balaban J connectivity index is 1.78. The monoisotopic (exact) mass is 373 g/mol. The van der Waals surface area contributed by atoms with E-state index in [1.54, 1.807) is 0 Å². The van der Waals surface area contributed by atoms with Crippen LogP contribution in [-0.2, 0) is 29.0 Å². The maximum Gasteiger partial charge on any atom is 0.310 e. The molecule has 3 rings (SSSR count).